The van der Waals surface area contributed by atoms with Crippen molar-refractivity contribution in [1.29, 1.82) is 0 Å². The summed E-state index contributed by atoms with van der Waals surface area (Å²) >= 11 is 0. The molecule has 19 heavy (non-hydrogen) atoms. The molecule has 0 saturated heterocycles. The van der Waals surface area contributed by atoms with Crippen LogP contribution in [-0.4, -0.2) is 56.4 Å². The zero-order chi connectivity index (χ0) is 14.3. The van der Waals surface area contributed by atoms with Gasteiger partial charge in [-0.25, -0.2) is 0 Å². The fraction of sp³-hybridized carbons (Fsp3) is 0.562. The van der Waals surface area contributed by atoms with Crippen LogP contribution in [0.5, 0.6) is 0 Å². The predicted octanol–water partition coefficient (Wildman–Crippen LogP) is 2.45. The molecule has 0 N–H and O–H groups in total. The number of carbonyl (C=O) groups excluding carboxylic acids is 1. The summed E-state index contributed by atoms with van der Waals surface area (Å²) in [5.74, 6) is 0.248. The van der Waals surface area contributed by atoms with Crippen LogP contribution >= 0.6 is 0 Å². The third-order valence-corrected chi connectivity index (χ3v) is 3.31. The van der Waals surface area contributed by atoms with Gasteiger partial charge in [0.05, 0.1) is 0 Å². The lowest BCUT2D eigenvalue weighted by molar-refractivity contribution is 0.0968. The summed E-state index contributed by atoms with van der Waals surface area (Å²) in [7, 11) is 6.25. The first-order valence-electron chi connectivity index (χ1n) is 6.93. The Morgan fingerprint density at radius 3 is 2.37 bits per heavy atom. The molecule has 1 aromatic rings. The molecule has 0 aliphatic heterocycles. The second kappa shape index (κ2) is 8.08. The Labute approximate surface area is 117 Å². The first-order valence-corrected chi connectivity index (χ1v) is 6.93. The van der Waals surface area contributed by atoms with Crippen LogP contribution in [-0.2, 0) is 0 Å². The lowest BCUT2D eigenvalue weighted by Crippen LogP contribution is -2.26. The maximum Gasteiger partial charge on any atom is 0.164 e. The summed E-state index contributed by atoms with van der Waals surface area (Å²) in [6.07, 6.45) is 1.74. The lowest BCUT2D eigenvalue weighted by Gasteiger charge is -2.17. The number of ketones is 1. The molecule has 3 heteroatoms. The minimum Gasteiger partial charge on any atom is -0.309 e. The Bertz CT molecular complexity index is 401. The normalized spacial score (nSPS) is 11.3. The van der Waals surface area contributed by atoms with E-state index in [1.807, 2.05) is 31.2 Å². The van der Waals surface area contributed by atoms with Crippen molar-refractivity contribution in [1.82, 2.24) is 9.80 Å². The Morgan fingerprint density at radius 2 is 1.74 bits per heavy atom. The second-order valence-electron chi connectivity index (χ2n) is 5.45. The summed E-state index contributed by atoms with van der Waals surface area (Å²) in [6, 6.07) is 7.82. The van der Waals surface area contributed by atoms with Crippen LogP contribution in [0.4, 0.5) is 0 Å². The van der Waals surface area contributed by atoms with Gasteiger partial charge < -0.3 is 9.80 Å². The van der Waals surface area contributed by atoms with Gasteiger partial charge in [0.25, 0.3) is 0 Å². The average Bonchev–Trinajstić information content (AvgIpc) is 2.36. The Balaban J connectivity index is 2.32. The minimum atomic E-state index is 0.248. The maximum absolute atomic E-state index is 12.1. The zero-order valence-corrected chi connectivity index (χ0v) is 12.6. The first kappa shape index (κ1) is 15.9. The van der Waals surface area contributed by atoms with Crippen molar-refractivity contribution in [3.8, 4) is 0 Å². The molecular formula is C16H26N2O. The van der Waals surface area contributed by atoms with Crippen LogP contribution in [0.3, 0.4) is 0 Å². The standard InChI is InChI=1S/C16H26N2O/c1-14-8-5-6-9-15(14)16(19)10-13-18(4)12-7-11-17(2)3/h5-6,8-9H,7,10-13H2,1-4H3. The van der Waals surface area contributed by atoms with Crippen LogP contribution in [0.1, 0.15) is 28.8 Å². The quantitative estimate of drug-likeness (QED) is 0.672. The molecule has 0 unspecified atom stereocenters. The third-order valence-electron chi connectivity index (χ3n) is 3.31. The number of hydrogen-bond donors (Lipinski definition) is 0. The third kappa shape index (κ3) is 5.99. The van der Waals surface area contributed by atoms with Crippen molar-refractivity contribution in [2.24, 2.45) is 0 Å². The number of benzene rings is 1. The molecule has 0 atom stereocenters. The number of rotatable bonds is 8. The summed E-state index contributed by atoms with van der Waals surface area (Å²) in [5, 5.41) is 0. The van der Waals surface area contributed by atoms with E-state index in [-0.39, 0.29) is 5.78 Å². The molecule has 0 spiro atoms. The highest BCUT2D eigenvalue weighted by Gasteiger charge is 2.09. The molecule has 0 fully saturated rings. The van der Waals surface area contributed by atoms with Gasteiger partial charge in [0.15, 0.2) is 5.78 Å². The number of nitrogens with zero attached hydrogens (tertiary/aromatic N) is 2. The minimum absolute atomic E-state index is 0.248. The predicted molar refractivity (Wildman–Crippen MR) is 80.8 cm³/mol. The van der Waals surface area contributed by atoms with Gasteiger partial charge in [-0.1, -0.05) is 24.3 Å². The van der Waals surface area contributed by atoms with Crippen molar-refractivity contribution >= 4 is 5.78 Å². The average molecular weight is 262 g/mol. The van der Waals surface area contributed by atoms with Gasteiger partial charge in [-0.2, -0.15) is 0 Å². The Morgan fingerprint density at radius 1 is 1.05 bits per heavy atom. The van der Waals surface area contributed by atoms with E-state index in [2.05, 4.69) is 30.9 Å². The molecule has 1 rings (SSSR count). The summed E-state index contributed by atoms with van der Waals surface area (Å²) < 4.78 is 0. The van der Waals surface area contributed by atoms with Gasteiger partial charge in [0.2, 0.25) is 0 Å². The second-order valence-corrected chi connectivity index (χ2v) is 5.45. The van der Waals surface area contributed by atoms with E-state index in [4.69, 9.17) is 0 Å². The topological polar surface area (TPSA) is 23.6 Å². The van der Waals surface area contributed by atoms with Gasteiger partial charge in [-0.05, 0) is 53.1 Å². The molecule has 0 bridgehead atoms. The van der Waals surface area contributed by atoms with E-state index in [1.54, 1.807) is 0 Å². The van der Waals surface area contributed by atoms with Crippen LogP contribution in [0, 0.1) is 6.92 Å². The number of Topliss-reactive ketones (excluding diaryl/α,β-unsaturated/α-hetero) is 1. The smallest absolute Gasteiger partial charge is 0.164 e. The van der Waals surface area contributed by atoms with Crippen LogP contribution in [0.2, 0.25) is 0 Å². The van der Waals surface area contributed by atoms with Gasteiger partial charge in [0.1, 0.15) is 0 Å². The molecule has 0 saturated carbocycles. The van der Waals surface area contributed by atoms with Crippen LogP contribution in [0.15, 0.2) is 24.3 Å². The van der Waals surface area contributed by atoms with E-state index in [1.165, 1.54) is 0 Å². The Hall–Kier alpha value is -1.19. The highest BCUT2D eigenvalue weighted by Crippen LogP contribution is 2.10. The first-order chi connectivity index (χ1) is 9.00. The van der Waals surface area contributed by atoms with Gasteiger partial charge in [-0.15, -0.1) is 0 Å². The van der Waals surface area contributed by atoms with Crippen molar-refractivity contribution in [3.63, 3.8) is 0 Å². The zero-order valence-electron chi connectivity index (χ0n) is 12.6. The molecule has 0 radical (unpaired) electrons. The lowest BCUT2D eigenvalue weighted by atomic mass is 10.0. The fourth-order valence-electron chi connectivity index (χ4n) is 2.08. The van der Waals surface area contributed by atoms with Gasteiger partial charge in [-0.3, -0.25) is 4.79 Å². The molecule has 3 nitrogen and oxygen atoms in total. The van der Waals surface area contributed by atoms with Crippen LogP contribution < -0.4 is 0 Å². The van der Waals surface area contributed by atoms with Crippen molar-refractivity contribution in [2.75, 3.05) is 40.8 Å². The van der Waals surface area contributed by atoms with Crippen molar-refractivity contribution in [2.45, 2.75) is 19.8 Å². The van der Waals surface area contributed by atoms with E-state index in [0.29, 0.717) is 6.42 Å². The molecule has 0 heterocycles. The van der Waals surface area contributed by atoms with E-state index < -0.39 is 0 Å². The summed E-state index contributed by atoms with van der Waals surface area (Å²) in [4.78, 5) is 16.5. The largest absolute Gasteiger partial charge is 0.309 e. The van der Waals surface area contributed by atoms with Crippen LogP contribution in [0.25, 0.3) is 0 Å². The highest BCUT2D eigenvalue weighted by atomic mass is 16.1. The fourth-order valence-corrected chi connectivity index (χ4v) is 2.08. The molecule has 106 valence electrons. The number of aryl methyl sites for hydroxylation is 1. The SMILES string of the molecule is Cc1ccccc1C(=O)CCN(C)CCCN(C)C. The Kier molecular flexibility index (Phi) is 6.74. The molecule has 1 aromatic carbocycles. The monoisotopic (exact) mass is 262 g/mol. The molecule has 0 aliphatic carbocycles. The van der Waals surface area contributed by atoms with E-state index in [0.717, 1.165) is 37.2 Å². The van der Waals surface area contributed by atoms with Crippen molar-refractivity contribution < 1.29 is 4.79 Å². The molecule has 0 aromatic heterocycles. The van der Waals surface area contributed by atoms with Crippen molar-refractivity contribution in [3.05, 3.63) is 35.4 Å². The summed E-state index contributed by atoms with van der Waals surface area (Å²) in [6.45, 7) is 4.96. The highest BCUT2D eigenvalue weighted by molar-refractivity contribution is 5.97. The molecular weight excluding hydrogens is 236 g/mol. The summed E-state index contributed by atoms with van der Waals surface area (Å²) in [5.41, 5.74) is 1.94. The van der Waals surface area contributed by atoms with Gasteiger partial charge in [0, 0.05) is 18.5 Å². The van der Waals surface area contributed by atoms with E-state index in [9.17, 15) is 4.79 Å². The molecule has 0 aliphatic rings. The van der Waals surface area contributed by atoms with E-state index >= 15 is 0 Å². The number of hydrogen-bond acceptors (Lipinski definition) is 3. The number of carbonyl (C=O) groups is 1. The van der Waals surface area contributed by atoms with Gasteiger partial charge >= 0.3 is 0 Å². The molecule has 0 amide bonds. The maximum atomic E-state index is 12.1.